The fourth-order valence-corrected chi connectivity index (χ4v) is 2.61. The Balaban J connectivity index is 2.28. The van der Waals surface area contributed by atoms with Crippen LogP contribution in [0, 0.1) is 0 Å². The monoisotopic (exact) mass is 417 g/mol. The second-order valence-electron chi connectivity index (χ2n) is 5.40. The molecular formula is C12H21BIN7O. The molecule has 3 N–H and O–H groups in total. The van der Waals surface area contributed by atoms with E-state index in [1.807, 2.05) is 0 Å². The molecule has 0 spiro atoms. The normalized spacial score (nSPS) is 16.2. The van der Waals surface area contributed by atoms with E-state index in [9.17, 15) is 4.79 Å². The van der Waals surface area contributed by atoms with Gasteiger partial charge >= 0.3 is 0 Å². The molecule has 0 aromatic carbocycles. The number of nitrogens with one attached hydrogen (secondary N) is 1. The highest BCUT2D eigenvalue weighted by atomic mass is 127. The Morgan fingerprint density at radius 2 is 2.14 bits per heavy atom. The molecule has 2 rings (SSSR count). The van der Waals surface area contributed by atoms with Crippen LogP contribution in [0.1, 0.15) is 6.92 Å². The van der Waals surface area contributed by atoms with Crippen molar-refractivity contribution in [1.82, 2.24) is 20.3 Å². The van der Waals surface area contributed by atoms with Gasteiger partial charge in [0.1, 0.15) is 0 Å². The number of piperazine rings is 1. The van der Waals surface area contributed by atoms with Gasteiger partial charge in [-0.15, -0.1) is 0 Å². The van der Waals surface area contributed by atoms with Crippen LogP contribution in [-0.2, 0) is 4.79 Å². The molecule has 120 valence electrons. The number of likely N-dealkylation sites (N-methyl/N-ethyl adjacent to an activating group) is 1. The molecular weight excluding hydrogens is 396 g/mol. The molecule has 1 aromatic rings. The van der Waals surface area contributed by atoms with Gasteiger partial charge in [0.15, 0.2) is 0 Å². The van der Waals surface area contributed by atoms with Crippen LogP contribution < -0.4 is 26.6 Å². The summed E-state index contributed by atoms with van der Waals surface area (Å²) in [6, 6.07) is 0. The van der Waals surface area contributed by atoms with Crippen LogP contribution >= 0.6 is 22.6 Å². The first-order chi connectivity index (χ1) is 10.5. The molecule has 1 fully saturated rings. The molecule has 1 aliphatic heterocycles. The van der Waals surface area contributed by atoms with Crippen molar-refractivity contribution in [2.45, 2.75) is 10.7 Å². The summed E-state index contributed by atoms with van der Waals surface area (Å²) in [6.07, 6.45) is 0. The number of carbonyl (C=O) groups excluding carboxylic acids is 1. The van der Waals surface area contributed by atoms with Crippen molar-refractivity contribution in [3.8, 4) is 0 Å². The molecule has 1 aromatic heterocycles. The number of nitrogens with zero attached hydrogens (tertiary/aromatic N) is 5. The lowest BCUT2D eigenvalue weighted by Gasteiger charge is -2.28. The molecule has 1 unspecified atom stereocenters. The SMILES string of the molecule is CC(I)Bc1nc(N(C)CC(N)=O)nc(N2CCNCC2)n1. The average molecular weight is 417 g/mol. The number of halogens is 1. The van der Waals surface area contributed by atoms with Gasteiger partial charge in [0, 0.05) is 33.2 Å². The van der Waals surface area contributed by atoms with Crippen LogP contribution in [0.2, 0.25) is 0 Å². The molecule has 1 aliphatic rings. The molecule has 0 saturated carbocycles. The first kappa shape index (κ1) is 17.2. The number of nitrogens with two attached hydrogens (primary N) is 1. The van der Waals surface area contributed by atoms with E-state index in [4.69, 9.17) is 5.73 Å². The maximum absolute atomic E-state index is 11.1. The maximum atomic E-state index is 11.1. The molecule has 22 heavy (non-hydrogen) atoms. The number of aromatic nitrogens is 3. The van der Waals surface area contributed by atoms with Gasteiger partial charge in [0.2, 0.25) is 25.1 Å². The number of amides is 1. The van der Waals surface area contributed by atoms with Crippen LogP contribution in [0.4, 0.5) is 11.9 Å². The van der Waals surface area contributed by atoms with E-state index in [1.165, 1.54) is 0 Å². The van der Waals surface area contributed by atoms with E-state index in [0.29, 0.717) is 15.7 Å². The molecule has 0 radical (unpaired) electrons. The summed E-state index contributed by atoms with van der Waals surface area (Å²) in [7, 11) is 2.53. The summed E-state index contributed by atoms with van der Waals surface area (Å²) >= 11 is 2.35. The molecule has 2 heterocycles. The minimum Gasteiger partial charge on any atom is -0.368 e. The number of carbonyl (C=O) groups is 1. The van der Waals surface area contributed by atoms with Crippen LogP contribution in [-0.4, -0.2) is 71.7 Å². The van der Waals surface area contributed by atoms with Crippen LogP contribution in [0.25, 0.3) is 0 Å². The Kier molecular flexibility index (Phi) is 6.18. The van der Waals surface area contributed by atoms with Crippen molar-refractivity contribution in [2.24, 2.45) is 5.73 Å². The van der Waals surface area contributed by atoms with Gasteiger partial charge in [-0.05, 0) is 3.82 Å². The molecule has 10 heteroatoms. The number of hydrogen-bond donors (Lipinski definition) is 2. The minimum absolute atomic E-state index is 0.0875. The standard InChI is InChI=1S/C12H21BIN7O/c1-8(14)13-10-17-11(20(2)7-9(15)22)19-12(18-10)21-5-3-16-4-6-21/h8,13,16H,3-7H2,1-2H3,(H2,15,22). The largest absolute Gasteiger partial charge is 0.368 e. The summed E-state index contributed by atoms with van der Waals surface area (Å²) in [5.41, 5.74) is 6.01. The van der Waals surface area contributed by atoms with E-state index < -0.39 is 5.91 Å². The summed E-state index contributed by atoms with van der Waals surface area (Å²) in [5, 5.41) is 3.31. The van der Waals surface area contributed by atoms with Crippen molar-refractivity contribution in [3.05, 3.63) is 0 Å². The molecule has 8 nitrogen and oxygen atoms in total. The van der Waals surface area contributed by atoms with E-state index in [1.54, 1.807) is 11.9 Å². The van der Waals surface area contributed by atoms with E-state index in [2.05, 4.69) is 54.7 Å². The van der Waals surface area contributed by atoms with Crippen molar-refractivity contribution in [3.63, 3.8) is 0 Å². The van der Waals surface area contributed by atoms with Gasteiger partial charge in [-0.3, -0.25) is 4.79 Å². The second-order valence-corrected chi connectivity index (χ2v) is 7.52. The molecule has 1 atom stereocenters. The van der Waals surface area contributed by atoms with Gasteiger partial charge in [0.25, 0.3) is 0 Å². The first-order valence-electron chi connectivity index (χ1n) is 7.30. The van der Waals surface area contributed by atoms with Gasteiger partial charge in [0.05, 0.1) is 12.3 Å². The van der Waals surface area contributed by atoms with Gasteiger partial charge in [-0.2, -0.15) is 4.98 Å². The molecule has 0 aliphatic carbocycles. The summed E-state index contributed by atoms with van der Waals surface area (Å²) in [4.78, 5) is 28.5. The lowest BCUT2D eigenvalue weighted by atomic mass is 9.74. The Bertz CT molecular complexity index is 524. The maximum Gasteiger partial charge on any atom is 0.237 e. The highest BCUT2D eigenvalue weighted by Gasteiger charge is 2.19. The van der Waals surface area contributed by atoms with Crippen LogP contribution in [0.3, 0.4) is 0 Å². The number of anilines is 2. The van der Waals surface area contributed by atoms with Crippen molar-refractivity contribution >= 4 is 53.4 Å². The van der Waals surface area contributed by atoms with Crippen molar-refractivity contribution in [2.75, 3.05) is 49.6 Å². The van der Waals surface area contributed by atoms with Crippen molar-refractivity contribution < 1.29 is 4.79 Å². The fourth-order valence-electron chi connectivity index (χ4n) is 2.22. The summed E-state index contributed by atoms with van der Waals surface area (Å²) < 4.78 is 0.421. The lowest BCUT2D eigenvalue weighted by molar-refractivity contribution is -0.116. The number of hydrogen-bond acceptors (Lipinski definition) is 7. The van der Waals surface area contributed by atoms with E-state index >= 15 is 0 Å². The van der Waals surface area contributed by atoms with Crippen LogP contribution in [0.5, 0.6) is 0 Å². The van der Waals surface area contributed by atoms with Crippen LogP contribution in [0.15, 0.2) is 0 Å². The zero-order valence-electron chi connectivity index (χ0n) is 12.9. The van der Waals surface area contributed by atoms with E-state index in [-0.39, 0.29) is 6.54 Å². The quantitative estimate of drug-likeness (QED) is 0.315. The second kappa shape index (κ2) is 7.91. The van der Waals surface area contributed by atoms with Gasteiger partial charge in [-0.25, -0.2) is 9.97 Å². The fraction of sp³-hybridized carbons (Fsp3) is 0.667. The van der Waals surface area contributed by atoms with Gasteiger partial charge < -0.3 is 20.9 Å². The predicted octanol–water partition coefficient (Wildman–Crippen LogP) is -1.95. The lowest BCUT2D eigenvalue weighted by Crippen LogP contribution is -2.45. The average Bonchev–Trinajstić information content (AvgIpc) is 2.46. The Hall–Kier alpha value is -1.17. The molecule has 1 saturated heterocycles. The topological polar surface area (TPSA) is 100 Å². The summed E-state index contributed by atoms with van der Waals surface area (Å²) in [5.74, 6) is 0.764. The predicted molar refractivity (Wildman–Crippen MR) is 97.6 cm³/mol. The zero-order chi connectivity index (χ0) is 16.1. The van der Waals surface area contributed by atoms with E-state index in [0.717, 1.165) is 39.2 Å². The van der Waals surface area contributed by atoms with Gasteiger partial charge in [-0.1, -0.05) is 29.5 Å². The molecule has 1 amide bonds. The Labute approximate surface area is 144 Å². The minimum atomic E-state index is -0.407. The number of alkyl halides is 1. The third-order valence-corrected chi connectivity index (χ3v) is 3.70. The van der Waals surface area contributed by atoms with Crippen molar-refractivity contribution in [1.29, 1.82) is 0 Å². The summed E-state index contributed by atoms with van der Waals surface area (Å²) in [6.45, 7) is 5.75. The smallest absolute Gasteiger partial charge is 0.237 e. The number of rotatable bonds is 6. The Morgan fingerprint density at radius 3 is 2.73 bits per heavy atom. The molecule has 0 bridgehead atoms. The third kappa shape index (κ3) is 4.94. The Morgan fingerprint density at radius 1 is 1.45 bits per heavy atom. The highest BCUT2D eigenvalue weighted by Crippen LogP contribution is 2.11. The first-order valence-corrected chi connectivity index (χ1v) is 8.54. The number of primary amides is 1. The third-order valence-electron chi connectivity index (χ3n) is 3.26. The zero-order valence-corrected chi connectivity index (χ0v) is 15.1. The highest BCUT2D eigenvalue weighted by molar-refractivity contribution is 14.1.